The van der Waals surface area contributed by atoms with Gasteiger partial charge in [-0.2, -0.15) is 0 Å². The van der Waals surface area contributed by atoms with Gasteiger partial charge in [0.05, 0.1) is 22.7 Å². The van der Waals surface area contributed by atoms with E-state index >= 15 is 0 Å². The Balaban J connectivity index is 1.65. The molecule has 2 aromatic carbocycles. The van der Waals surface area contributed by atoms with Crippen molar-refractivity contribution in [3.63, 3.8) is 0 Å². The van der Waals surface area contributed by atoms with E-state index in [-0.39, 0.29) is 29.1 Å². The number of hydrogen-bond acceptors (Lipinski definition) is 5. The number of imide groups is 1. The van der Waals surface area contributed by atoms with E-state index in [0.29, 0.717) is 28.4 Å². The van der Waals surface area contributed by atoms with Crippen LogP contribution in [0.2, 0.25) is 5.02 Å². The summed E-state index contributed by atoms with van der Waals surface area (Å²) in [6, 6.07) is 11.7. The number of aryl methyl sites for hydroxylation is 1. The normalized spacial score (nSPS) is 14.6. The number of halogens is 1. The molecule has 11 heteroatoms. The van der Waals surface area contributed by atoms with E-state index in [0.717, 1.165) is 11.3 Å². The van der Waals surface area contributed by atoms with Gasteiger partial charge in [0, 0.05) is 22.8 Å². The molecule has 0 atom stereocenters. The van der Waals surface area contributed by atoms with Gasteiger partial charge in [0.2, 0.25) is 0 Å². The number of aromatic nitrogens is 2. The molecule has 1 fully saturated rings. The van der Waals surface area contributed by atoms with Crippen LogP contribution < -0.4 is 10.9 Å². The summed E-state index contributed by atoms with van der Waals surface area (Å²) in [6.45, 7) is 1.89. The summed E-state index contributed by atoms with van der Waals surface area (Å²) < 4.78 is 1.35. The molecule has 0 bridgehead atoms. The Kier molecular flexibility index (Phi) is 6.33. The van der Waals surface area contributed by atoms with E-state index in [1.807, 2.05) is 6.92 Å². The molecule has 3 amide bonds. The number of aromatic amines is 1. The van der Waals surface area contributed by atoms with Crippen LogP contribution in [0.5, 0.6) is 0 Å². The lowest BCUT2D eigenvalue weighted by molar-refractivity contribution is -0.384. The third kappa shape index (κ3) is 4.48. The third-order valence-electron chi connectivity index (χ3n) is 5.31. The van der Waals surface area contributed by atoms with Gasteiger partial charge in [-0.1, -0.05) is 43.1 Å². The first-order valence-corrected chi connectivity index (χ1v) is 10.8. The summed E-state index contributed by atoms with van der Waals surface area (Å²) in [5.74, 6) is -0.597. The van der Waals surface area contributed by atoms with Crippen LogP contribution in [-0.2, 0) is 17.8 Å². The summed E-state index contributed by atoms with van der Waals surface area (Å²) in [6.07, 6.45) is 2.68. The van der Waals surface area contributed by atoms with Crippen molar-refractivity contribution in [1.82, 2.24) is 20.0 Å². The topological polar surface area (TPSA) is 130 Å². The van der Waals surface area contributed by atoms with Crippen LogP contribution in [0.3, 0.4) is 0 Å². The first kappa shape index (κ1) is 23.0. The zero-order chi connectivity index (χ0) is 24.4. The second kappa shape index (κ2) is 9.36. The molecular formula is C23H20ClN5O5. The van der Waals surface area contributed by atoms with E-state index in [2.05, 4.69) is 10.4 Å². The van der Waals surface area contributed by atoms with Gasteiger partial charge < -0.3 is 5.32 Å². The van der Waals surface area contributed by atoms with Gasteiger partial charge >= 0.3 is 6.03 Å². The third-order valence-corrected chi connectivity index (χ3v) is 5.55. The predicted octanol–water partition coefficient (Wildman–Crippen LogP) is 3.77. The first-order valence-electron chi connectivity index (χ1n) is 10.5. The molecule has 1 aliphatic heterocycles. The number of non-ortho nitro benzene ring substituents is 1. The largest absolute Gasteiger partial charge is 0.329 e. The highest BCUT2D eigenvalue weighted by Crippen LogP contribution is 2.20. The molecule has 0 aliphatic carbocycles. The van der Waals surface area contributed by atoms with Gasteiger partial charge in [0.15, 0.2) is 0 Å². The number of hydrogen-bond donors (Lipinski definition) is 2. The Bertz CT molecular complexity index is 1370. The Hall–Kier alpha value is -4.18. The lowest BCUT2D eigenvalue weighted by Gasteiger charge is -2.11. The number of nitrogens with zero attached hydrogens (tertiary/aromatic N) is 3. The van der Waals surface area contributed by atoms with Crippen LogP contribution in [0.1, 0.15) is 30.2 Å². The minimum atomic E-state index is -0.641. The summed E-state index contributed by atoms with van der Waals surface area (Å²) in [4.78, 5) is 49.8. The fourth-order valence-electron chi connectivity index (χ4n) is 3.65. The smallest absolute Gasteiger partial charge is 0.303 e. The summed E-state index contributed by atoms with van der Waals surface area (Å²) in [5.41, 5.74) is 1.48. The molecule has 3 aromatic rings. The predicted molar refractivity (Wildman–Crippen MR) is 126 cm³/mol. The quantitative estimate of drug-likeness (QED) is 0.229. The second-order valence-corrected chi connectivity index (χ2v) is 8.11. The Morgan fingerprint density at radius 1 is 1.12 bits per heavy atom. The molecule has 2 N–H and O–H groups in total. The molecular weight excluding hydrogens is 462 g/mol. The van der Waals surface area contributed by atoms with Crippen LogP contribution >= 0.6 is 11.6 Å². The maximum Gasteiger partial charge on any atom is 0.329 e. The van der Waals surface area contributed by atoms with Crippen LogP contribution in [0, 0.1) is 10.1 Å². The fourth-order valence-corrected chi connectivity index (χ4v) is 3.83. The highest BCUT2D eigenvalue weighted by atomic mass is 35.5. The second-order valence-electron chi connectivity index (χ2n) is 7.68. The van der Waals surface area contributed by atoms with Crippen LogP contribution in [0.4, 0.5) is 10.5 Å². The molecule has 4 rings (SSSR count). The fraction of sp³-hybridized carbons (Fsp3) is 0.174. The minimum absolute atomic E-state index is 0.0291. The molecule has 1 aromatic heterocycles. The minimum Gasteiger partial charge on any atom is -0.303 e. The summed E-state index contributed by atoms with van der Waals surface area (Å²) >= 11 is 6.06. The van der Waals surface area contributed by atoms with Crippen LogP contribution in [0.15, 0.2) is 59.0 Å². The zero-order valence-electron chi connectivity index (χ0n) is 18.1. The lowest BCUT2D eigenvalue weighted by atomic mass is 10.1. The number of H-pyrrole nitrogens is 1. The molecule has 0 spiro atoms. The maximum absolute atomic E-state index is 13.2. The molecule has 0 radical (unpaired) electrons. The summed E-state index contributed by atoms with van der Waals surface area (Å²) in [5, 5.41) is 16.9. The van der Waals surface area contributed by atoms with Gasteiger partial charge in [-0.25, -0.2) is 9.48 Å². The number of urea groups is 1. The van der Waals surface area contributed by atoms with Crippen molar-refractivity contribution in [1.29, 1.82) is 0 Å². The number of rotatable bonds is 7. The van der Waals surface area contributed by atoms with Crippen molar-refractivity contribution >= 4 is 35.3 Å². The number of nitro benzene ring substituents is 1. The number of carbonyl (C=O) groups is 2. The van der Waals surface area contributed by atoms with Gasteiger partial charge in [-0.15, -0.1) is 0 Å². The monoisotopic (exact) mass is 481 g/mol. The highest BCUT2D eigenvalue weighted by Gasteiger charge is 2.34. The molecule has 0 saturated carbocycles. The van der Waals surface area contributed by atoms with Gasteiger partial charge in [-0.3, -0.25) is 29.7 Å². The number of carbonyl (C=O) groups excluding carboxylic acids is 2. The van der Waals surface area contributed by atoms with Gasteiger partial charge in [0.25, 0.3) is 17.2 Å². The number of benzene rings is 2. The van der Waals surface area contributed by atoms with Crippen LogP contribution in [0.25, 0.3) is 11.8 Å². The van der Waals surface area contributed by atoms with E-state index in [9.17, 15) is 24.5 Å². The van der Waals surface area contributed by atoms with Crippen molar-refractivity contribution in [3.05, 3.63) is 96.5 Å². The van der Waals surface area contributed by atoms with Crippen LogP contribution in [-0.4, -0.2) is 31.5 Å². The van der Waals surface area contributed by atoms with E-state index in [1.165, 1.54) is 35.0 Å². The van der Waals surface area contributed by atoms with Crippen molar-refractivity contribution in [3.8, 4) is 5.69 Å². The molecule has 10 nitrogen and oxygen atoms in total. The molecule has 0 unspecified atom stereocenters. The van der Waals surface area contributed by atoms with Crippen molar-refractivity contribution < 1.29 is 14.5 Å². The molecule has 2 heterocycles. The number of nitrogens with one attached hydrogen (secondary N) is 2. The standard InChI is InChI=1S/C23H20ClN5O5/c1-2-4-19-18(21(30)28(26-19)17-6-3-5-15(24)11-17)12-20-22(31)27(23(32)25-20)13-14-7-9-16(10-8-14)29(33)34/h3,5-12,26H,2,4,13H2,1H3,(H,25,32)/b20-12-. The van der Waals surface area contributed by atoms with Crippen molar-refractivity contribution in [2.75, 3.05) is 0 Å². The Morgan fingerprint density at radius 3 is 2.50 bits per heavy atom. The highest BCUT2D eigenvalue weighted by molar-refractivity contribution is 6.30. The average Bonchev–Trinajstić information content (AvgIpc) is 3.25. The summed E-state index contributed by atoms with van der Waals surface area (Å²) in [7, 11) is 0. The molecule has 1 saturated heterocycles. The van der Waals surface area contributed by atoms with E-state index < -0.39 is 16.9 Å². The van der Waals surface area contributed by atoms with Crippen molar-refractivity contribution in [2.45, 2.75) is 26.3 Å². The zero-order valence-corrected chi connectivity index (χ0v) is 18.8. The van der Waals surface area contributed by atoms with E-state index in [1.54, 1.807) is 24.3 Å². The lowest BCUT2D eigenvalue weighted by Crippen LogP contribution is -2.30. The Morgan fingerprint density at radius 2 is 1.85 bits per heavy atom. The molecule has 1 aliphatic rings. The maximum atomic E-state index is 13.2. The number of amides is 3. The Labute approximate surface area is 198 Å². The molecule has 174 valence electrons. The SMILES string of the molecule is CCCc1[nH]n(-c2cccc(Cl)c2)c(=O)c1/C=C1\NC(=O)N(Cc2ccc([N+](=O)[O-])cc2)C1=O. The van der Waals surface area contributed by atoms with Crippen molar-refractivity contribution in [2.24, 2.45) is 0 Å². The van der Waals surface area contributed by atoms with Gasteiger partial charge in [0.1, 0.15) is 5.70 Å². The van der Waals surface area contributed by atoms with Gasteiger partial charge in [-0.05, 0) is 36.3 Å². The molecule has 34 heavy (non-hydrogen) atoms. The first-order chi connectivity index (χ1) is 16.3. The van der Waals surface area contributed by atoms with E-state index in [4.69, 9.17) is 11.6 Å². The number of nitro groups is 1. The average molecular weight is 482 g/mol.